The Morgan fingerprint density at radius 1 is 1.13 bits per heavy atom. The van der Waals surface area contributed by atoms with Gasteiger partial charge in [-0.05, 0) is 31.7 Å². The lowest BCUT2D eigenvalue weighted by atomic mass is 10.1. The molecule has 0 aliphatic carbocycles. The van der Waals surface area contributed by atoms with Crippen molar-refractivity contribution < 1.29 is 18.8 Å². The van der Waals surface area contributed by atoms with E-state index in [1.54, 1.807) is 18.2 Å². The number of nitrogens with zero attached hydrogens (tertiary/aromatic N) is 3. The van der Waals surface area contributed by atoms with E-state index in [4.69, 9.17) is 14.0 Å². The second-order valence-corrected chi connectivity index (χ2v) is 7.09. The van der Waals surface area contributed by atoms with Crippen molar-refractivity contribution in [2.45, 2.75) is 20.4 Å². The Morgan fingerprint density at radius 2 is 1.97 bits per heavy atom. The van der Waals surface area contributed by atoms with E-state index in [-0.39, 0.29) is 12.5 Å². The van der Waals surface area contributed by atoms with E-state index < -0.39 is 0 Å². The van der Waals surface area contributed by atoms with Gasteiger partial charge in [0.15, 0.2) is 11.5 Å². The largest absolute Gasteiger partial charge is 0.486 e. The van der Waals surface area contributed by atoms with Gasteiger partial charge in [-0.25, -0.2) is 0 Å². The van der Waals surface area contributed by atoms with Gasteiger partial charge in [0.25, 0.3) is 0 Å². The average Bonchev–Trinajstić information content (AvgIpc) is 3.22. The van der Waals surface area contributed by atoms with Gasteiger partial charge in [-0.3, -0.25) is 9.69 Å². The highest BCUT2D eigenvalue weighted by molar-refractivity contribution is 5.92. The Balaban J connectivity index is 1.36. The number of nitrogens with one attached hydrogen (secondary N) is 1. The van der Waals surface area contributed by atoms with E-state index in [1.165, 1.54) is 0 Å². The lowest BCUT2D eigenvalue weighted by Gasteiger charge is -2.20. The standard InChI is InChI=1S/C22H24N4O4/c1-3-26(14-21-24-22(25-30-21)16-6-4-5-15(2)11-16)13-20(27)23-17-7-8-18-19(12-17)29-10-9-28-18/h4-8,11-12H,3,9-10,13-14H2,1-2H3,(H,23,27). The van der Waals surface area contributed by atoms with Crippen molar-refractivity contribution in [3.05, 3.63) is 53.9 Å². The van der Waals surface area contributed by atoms with Crippen LogP contribution < -0.4 is 14.8 Å². The number of carbonyl (C=O) groups excluding carboxylic acids is 1. The summed E-state index contributed by atoms with van der Waals surface area (Å²) in [4.78, 5) is 18.9. The van der Waals surface area contributed by atoms with Gasteiger partial charge in [-0.1, -0.05) is 35.8 Å². The fraction of sp³-hybridized carbons (Fsp3) is 0.318. The van der Waals surface area contributed by atoms with Gasteiger partial charge in [0, 0.05) is 17.3 Å². The van der Waals surface area contributed by atoms with E-state index in [0.717, 1.165) is 11.1 Å². The van der Waals surface area contributed by atoms with E-state index in [2.05, 4.69) is 15.5 Å². The predicted octanol–water partition coefficient (Wildman–Crippen LogP) is 3.28. The molecule has 4 rings (SSSR count). The molecule has 1 aliphatic heterocycles. The summed E-state index contributed by atoms with van der Waals surface area (Å²) in [7, 11) is 0. The first-order chi connectivity index (χ1) is 14.6. The fourth-order valence-electron chi connectivity index (χ4n) is 3.22. The smallest absolute Gasteiger partial charge is 0.241 e. The van der Waals surface area contributed by atoms with Crippen LogP contribution in [0.1, 0.15) is 18.4 Å². The number of aromatic nitrogens is 2. The summed E-state index contributed by atoms with van der Waals surface area (Å²) in [6.45, 7) is 6.29. The van der Waals surface area contributed by atoms with Crippen LogP contribution in [0.2, 0.25) is 0 Å². The van der Waals surface area contributed by atoms with E-state index in [9.17, 15) is 4.79 Å². The van der Waals surface area contributed by atoms with Crippen molar-refractivity contribution in [3.63, 3.8) is 0 Å². The van der Waals surface area contributed by atoms with Gasteiger partial charge in [-0.15, -0.1) is 0 Å². The van der Waals surface area contributed by atoms with Crippen LogP contribution in [0, 0.1) is 6.92 Å². The number of aryl methyl sites for hydroxylation is 1. The first kappa shape index (κ1) is 19.9. The van der Waals surface area contributed by atoms with Crippen LogP contribution in [0.5, 0.6) is 11.5 Å². The molecular formula is C22H24N4O4. The van der Waals surface area contributed by atoms with Crippen molar-refractivity contribution in [3.8, 4) is 22.9 Å². The van der Waals surface area contributed by atoms with E-state index in [0.29, 0.717) is 55.2 Å². The molecule has 8 heteroatoms. The first-order valence-electron chi connectivity index (χ1n) is 9.92. The number of carbonyl (C=O) groups is 1. The van der Waals surface area contributed by atoms with Crippen LogP contribution in [-0.2, 0) is 11.3 Å². The Hall–Kier alpha value is -3.39. The molecule has 8 nitrogen and oxygen atoms in total. The van der Waals surface area contributed by atoms with Crippen LogP contribution in [-0.4, -0.2) is 47.3 Å². The highest BCUT2D eigenvalue weighted by Crippen LogP contribution is 2.32. The molecule has 0 atom stereocenters. The third-order valence-corrected chi connectivity index (χ3v) is 4.74. The molecule has 1 amide bonds. The maximum Gasteiger partial charge on any atom is 0.241 e. The number of rotatable bonds is 7. The Labute approximate surface area is 174 Å². The van der Waals surface area contributed by atoms with Gasteiger partial charge in [-0.2, -0.15) is 4.98 Å². The molecule has 2 heterocycles. The quantitative estimate of drug-likeness (QED) is 0.642. The number of amides is 1. The van der Waals surface area contributed by atoms with E-state index >= 15 is 0 Å². The van der Waals surface area contributed by atoms with Crippen LogP contribution in [0.3, 0.4) is 0 Å². The van der Waals surface area contributed by atoms with Crippen molar-refractivity contribution >= 4 is 11.6 Å². The number of hydrogen-bond donors (Lipinski definition) is 1. The average molecular weight is 408 g/mol. The van der Waals surface area contributed by atoms with Gasteiger partial charge in [0.05, 0.1) is 13.1 Å². The molecule has 1 aliphatic rings. The number of benzene rings is 2. The molecule has 156 valence electrons. The molecule has 0 bridgehead atoms. The minimum absolute atomic E-state index is 0.132. The molecule has 0 fully saturated rings. The zero-order chi connectivity index (χ0) is 20.9. The first-order valence-corrected chi connectivity index (χ1v) is 9.92. The zero-order valence-corrected chi connectivity index (χ0v) is 17.1. The molecule has 0 radical (unpaired) electrons. The monoisotopic (exact) mass is 408 g/mol. The number of anilines is 1. The van der Waals surface area contributed by atoms with E-state index in [1.807, 2.05) is 43.0 Å². The normalized spacial score (nSPS) is 12.8. The van der Waals surface area contributed by atoms with Crippen molar-refractivity contribution in [2.24, 2.45) is 0 Å². The molecule has 2 aromatic carbocycles. The molecule has 0 saturated heterocycles. The van der Waals surface area contributed by atoms with Crippen LogP contribution in [0.25, 0.3) is 11.4 Å². The molecule has 30 heavy (non-hydrogen) atoms. The van der Waals surface area contributed by atoms with Gasteiger partial charge in [0.1, 0.15) is 13.2 Å². The second-order valence-electron chi connectivity index (χ2n) is 7.09. The maximum absolute atomic E-state index is 12.5. The summed E-state index contributed by atoms with van der Waals surface area (Å²) >= 11 is 0. The lowest BCUT2D eigenvalue weighted by Crippen LogP contribution is -2.32. The molecular weight excluding hydrogens is 384 g/mol. The summed E-state index contributed by atoms with van der Waals surface area (Å²) in [5.41, 5.74) is 2.70. The summed E-state index contributed by atoms with van der Waals surface area (Å²) in [5.74, 6) is 2.22. The highest BCUT2D eigenvalue weighted by atomic mass is 16.6. The number of hydrogen-bond acceptors (Lipinski definition) is 7. The Bertz CT molecular complexity index is 1030. The third kappa shape index (κ3) is 4.77. The molecule has 0 spiro atoms. The van der Waals surface area contributed by atoms with Crippen molar-refractivity contribution in [1.82, 2.24) is 15.0 Å². The molecule has 3 aromatic rings. The zero-order valence-electron chi connectivity index (χ0n) is 17.1. The summed E-state index contributed by atoms with van der Waals surface area (Å²) in [6, 6.07) is 13.3. The minimum atomic E-state index is -0.132. The molecule has 1 N–H and O–H groups in total. The van der Waals surface area contributed by atoms with Crippen LogP contribution >= 0.6 is 0 Å². The van der Waals surface area contributed by atoms with Crippen molar-refractivity contribution in [1.29, 1.82) is 0 Å². The summed E-state index contributed by atoms with van der Waals surface area (Å²) in [5, 5.41) is 6.96. The Morgan fingerprint density at radius 3 is 2.77 bits per heavy atom. The van der Waals surface area contributed by atoms with Crippen LogP contribution in [0.4, 0.5) is 5.69 Å². The number of likely N-dealkylation sites (N-methyl/N-ethyl adjacent to an activating group) is 1. The second kappa shape index (κ2) is 8.96. The lowest BCUT2D eigenvalue weighted by molar-refractivity contribution is -0.117. The fourth-order valence-corrected chi connectivity index (χ4v) is 3.22. The maximum atomic E-state index is 12.5. The summed E-state index contributed by atoms with van der Waals surface area (Å²) < 4.78 is 16.5. The van der Waals surface area contributed by atoms with Gasteiger partial charge >= 0.3 is 0 Å². The van der Waals surface area contributed by atoms with Gasteiger partial charge < -0.3 is 19.3 Å². The third-order valence-electron chi connectivity index (χ3n) is 4.74. The molecule has 0 unspecified atom stereocenters. The summed E-state index contributed by atoms with van der Waals surface area (Å²) in [6.07, 6.45) is 0. The highest BCUT2D eigenvalue weighted by Gasteiger charge is 2.17. The van der Waals surface area contributed by atoms with Crippen molar-refractivity contribution in [2.75, 3.05) is 31.6 Å². The topological polar surface area (TPSA) is 89.7 Å². The van der Waals surface area contributed by atoms with Crippen LogP contribution in [0.15, 0.2) is 47.0 Å². The SMILES string of the molecule is CCN(CC(=O)Nc1ccc2c(c1)OCCO2)Cc1nc(-c2cccc(C)c2)no1. The predicted molar refractivity (Wildman–Crippen MR) is 111 cm³/mol. The number of ether oxygens (including phenoxy) is 2. The molecule has 0 saturated carbocycles. The number of fused-ring (bicyclic) bond motifs is 1. The van der Waals surface area contributed by atoms with Gasteiger partial charge in [0.2, 0.25) is 17.6 Å². The minimum Gasteiger partial charge on any atom is -0.486 e. The molecule has 1 aromatic heterocycles. The Kier molecular flexibility index (Phi) is 5.94.